The SMILES string of the molecule is C[C@H](N[C@H](C)C(=O)Nc1cccc(S(=O)(=O)N(C)C)c1)c1ccc(Cl)cc1. The molecule has 0 bridgehead atoms. The van der Waals surface area contributed by atoms with Gasteiger partial charge in [0.25, 0.3) is 0 Å². The molecule has 2 rings (SSSR count). The van der Waals surface area contributed by atoms with Crippen LogP contribution in [0, 0.1) is 0 Å². The molecule has 6 nitrogen and oxygen atoms in total. The number of halogens is 1. The molecule has 0 fully saturated rings. The van der Waals surface area contributed by atoms with Crippen LogP contribution in [-0.4, -0.2) is 38.8 Å². The number of hydrogen-bond donors (Lipinski definition) is 2. The number of sulfonamides is 1. The quantitative estimate of drug-likeness (QED) is 0.735. The Morgan fingerprint density at radius 1 is 1.07 bits per heavy atom. The van der Waals surface area contributed by atoms with Crippen molar-refractivity contribution >= 4 is 33.2 Å². The molecule has 0 aliphatic carbocycles. The second kappa shape index (κ2) is 8.84. The molecule has 2 atom stereocenters. The molecule has 0 unspecified atom stereocenters. The van der Waals surface area contributed by atoms with E-state index in [9.17, 15) is 13.2 Å². The van der Waals surface area contributed by atoms with Gasteiger partial charge < -0.3 is 5.32 Å². The van der Waals surface area contributed by atoms with Crippen LogP contribution in [0.1, 0.15) is 25.5 Å². The first-order chi connectivity index (χ1) is 12.6. The van der Waals surface area contributed by atoms with Crippen molar-refractivity contribution < 1.29 is 13.2 Å². The van der Waals surface area contributed by atoms with Gasteiger partial charge in [0.2, 0.25) is 15.9 Å². The van der Waals surface area contributed by atoms with Gasteiger partial charge in [-0.2, -0.15) is 0 Å². The van der Waals surface area contributed by atoms with E-state index in [2.05, 4.69) is 10.6 Å². The molecule has 0 aromatic heterocycles. The highest BCUT2D eigenvalue weighted by Gasteiger charge is 2.19. The molecule has 8 heteroatoms. The predicted octanol–water partition coefficient (Wildman–Crippen LogP) is 3.27. The van der Waals surface area contributed by atoms with Crippen molar-refractivity contribution in [1.82, 2.24) is 9.62 Å². The predicted molar refractivity (Wildman–Crippen MR) is 108 cm³/mol. The monoisotopic (exact) mass is 409 g/mol. The third-order valence-electron chi connectivity index (χ3n) is 4.14. The van der Waals surface area contributed by atoms with Crippen LogP contribution < -0.4 is 10.6 Å². The van der Waals surface area contributed by atoms with Gasteiger partial charge in [-0.05, 0) is 49.7 Å². The minimum atomic E-state index is -3.56. The molecule has 0 saturated carbocycles. The molecule has 146 valence electrons. The molecular weight excluding hydrogens is 386 g/mol. The minimum absolute atomic E-state index is 0.0523. The molecule has 0 radical (unpaired) electrons. The van der Waals surface area contributed by atoms with Crippen LogP contribution in [0.2, 0.25) is 5.02 Å². The van der Waals surface area contributed by atoms with Crippen LogP contribution in [0.4, 0.5) is 5.69 Å². The van der Waals surface area contributed by atoms with Gasteiger partial charge in [0.15, 0.2) is 0 Å². The van der Waals surface area contributed by atoms with E-state index < -0.39 is 16.1 Å². The van der Waals surface area contributed by atoms with E-state index in [0.29, 0.717) is 10.7 Å². The maximum atomic E-state index is 12.5. The van der Waals surface area contributed by atoms with Gasteiger partial charge in [0.05, 0.1) is 10.9 Å². The number of carbonyl (C=O) groups excluding carboxylic acids is 1. The summed E-state index contributed by atoms with van der Waals surface area (Å²) in [5.74, 6) is -0.254. The van der Waals surface area contributed by atoms with E-state index in [-0.39, 0.29) is 16.8 Å². The maximum absolute atomic E-state index is 12.5. The lowest BCUT2D eigenvalue weighted by molar-refractivity contribution is -0.117. The number of nitrogens with zero attached hydrogens (tertiary/aromatic N) is 1. The standard InChI is InChI=1S/C19H24ClN3O3S/c1-13(15-8-10-16(20)11-9-15)21-14(2)19(24)22-17-6-5-7-18(12-17)27(25,26)23(3)4/h5-14,21H,1-4H3,(H,22,24)/t13-,14+/m0/s1. The van der Waals surface area contributed by atoms with E-state index in [1.807, 2.05) is 19.1 Å². The molecular formula is C19H24ClN3O3S. The van der Waals surface area contributed by atoms with E-state index >= 15 is 0 Å². The zero-order chi connectivity index (χ0) is 20.2. The summed E-state index contributed by atoms with van der Waals surface area (Å²) in [6, 6.07) is 13.1. The average Bonchev–Trinajstić information content (AvgIpc) is 2.62. The molecule has 0 aliphatic rings. The summed E-state index contributed by atoms with van der Waals surface area (Å²) in [6.45, 7) is 3.71. The van der Waals surface area contributed by atoms with Crippen LogP contribution in [0.3, 0.4) is 0 Å². The molecule has 0 saturated heterocycles. The average molecular weight is 410 g/mol. The van der Waals surface area contributed by atoms with Crippen molar-refractivity contribution in [3.8, 4) is 0 Å². The van der Waals surface area contributed by atoms with Crippen molar-refractivity contribution in [2.75, 3.05) is 19.4 Å². The fourth-order valence-corrected chi connectivity index (χ4v) is 3.57. The molecule has 2 N–H and O–H groups in total. The van der Waals surface area contributed by atoms with Crippen LogP contribution in [0.15, 0.2) is 53.4 Å². The summed E-state index contributed by atoms with van der Waals surface area (Å²) in [7, 11) is -0.632. The Hall–Kier alpha value is -1.93. The fraction of sp³-hybridized carbons (Fsp3) is 0.316. The first-order valence-corrected chi connectivity index (χ1v) is 10.3. The van der Waals surface area contributed by atoms with Gasteiger partial charge in [-0.25, -0.2) is 12.7 Å². The summed E-state index contributed by atoms with van der Waals surface area (Å²) >= 11 is 5.90. The third kappa shape index (κ3) is 5.52. The van der Waals surface area contributed by atoms with Crippen LogP contribution >= 0.6 is 11.6 Å². The van der Waals surface area contributed by atoms with E-state index in [1.54, 1.807) is 31.2 Å². The first-order valence-electron chi connectivity index (χ1n) is 8.46. The van der Waals surface area contributed by atoms with Crippen LogP contribution in [0.25, 0.3) is 0 Å². The lowest BCUT2D eigenvalue weighted by Gasteiger charge is -2.20. The number of benzene rings is 2. The summed E-state index contributed by atoms with van der Waals surface area (Å²) < 4.78 is 25.6. The lowest BCUT2D eigenvalue weighted by atomic mass is 10.1. The normalized spacial score (nSPS) is 14.0. The van der Waals surface area contributed by atoms with Gasteiger partial charge in [-0.3, -0.25) is 10.1 Å². The number of rotatable bonds is 7. The number of amides is 1. The smallest absolute Gasteiger partial charge is 0.242 e. The van der Waals surface area contributed by atoms with E-state index in [4.69, 9.17) is 11.6 Å². The number of carbonyl (C=O) groups is 1. The Bertz CT molecular complexity index is 899. The van der Waals surface area contributed by atoms with Gasteiger partial charge in [-0.15, -0.1) is 0 Å². The zero-order valence-electron chi connectivity index (χ0n) is 15.7. The largest absolute Gasteiger partial charge is 0.325 e. The summed E-state index contributed by atoms with van der Waals surface area (Å²) in [5, 5.41) is 6.63. The second-order valence-corrected chi connectivity index (χ2v) is 9.05. The van der Waals surface area contributed by atoms with Gasteiger partial charge in [0, 0.05) is 30.8 Å². The van der Waals surface area contributed by atoms with Gasteiger partial charge in [0.1, 0.15) is 0 Å². The van der Waals surface area contributed by atoms with E-state index in [0.717, 1.165) is 9.87 Å². The molecule has 27 heavy (non-hydrogen) atoms. The van der Waals surface area contributed by atoms with Crippen molar-refractivity contribution in [2.45, 2.75) is 30.8 Å². The molecule has 1 amide bonds. The zero-order valence-corrected chi connectivity index (χ0v) is 17.3. The highest BCUT2D eigenvalue weighted by molar-refractivity contribution is 7.89. The first kappa shape index (κ1) is 21.4. The topological polar surface area (TPSA) is 78.5 Å². The van der Waals surface area contributed by atoms with Crippen molar-refractivity contribution in [3.63, 3.8) is 0 Å². The second-order valence-electron chi connectivity index (χ2n) is 6.47. The van der Waals surface area contributed by atoms with Gasteiger partial charge in [-0.1, -0.05) is 29.8 Å². The highest BCUT2D eigenvalue weighted by Crippen LogP contribution is 2.19. The van der Waals surface area contributed by atoms with Crippen LogP contribution in [0.5, 0.6) is 0 Å². The molecule has 2 aromatic rings. The number of anilines is 1. The van der Waals surface area contributed by atoms with E-state index in [1.165, 1.54) is 26.2 Å². The summed E-state index contributed by atoms with van der Waals surface area (Å²) in [4.78, 5) is 12.6. The molecule has 0 aliphatic heterocycles. The number of hydrogen-bond acceptors (Lipinski definition) is 4. The highest BCUT2D eigenvalue weighted by atomic mass is 35.5. The minimum Gasteiger partial charge on any atom is -0.325 e. The Morgan fingerprint density at radius 3 is 2.30 bits per heavy atom. The van der Waals surface area contributed by atoms with Crippen LogP contribution in [-0.2, 0) is 14.8 Å². The fourth-order valence-electron chi connectivity index (χ4n) is 2.49. The Labute approximate surface area is 165 Å². The van der Waals surface area contributed by atoms with Crippen molar-refractivity contribution in [2.24, 2.45) is 0 Å². The molecule has 2 aromatic carbocycles. The summed E-state index contributed by atoms with van der Waals surface area (Å²) in [5.41, 5.74) is 1.44. The Kier molecular flexibility index (Phi) is 7.00. The molecule has 0 heterocycles. The van der Waals surface area contributed by atoms with Crippen molar-refractivity contribution in [3.05, 3.63) is 59.1 Å². The Balaban J connectivity index is 2.05. The third-order valence-corrected chi connectivity index (χ3v) is 6.21. The van der Waals surface area contributed by atoms with Crippen molar-refractivity contribution in [1.29, 1.82) is 0 Å². The Morgan fingerprint density at radius 2 is 1.70 bits per heavy atom. The number of nitrogens with one attached hydrogen (secondary N) is 2. The summed E-state index contributed by atoms with van der Waals surface area (Å²) in [6.07, 6.45) is 0. The van der Waals surface area contributed by atoms with Gasteiger partial charge >= 0.3 is 0 Å². The molecule has 0 spiro atoms. The maximum Gasteiger partial charge on any atom is 0.242 e. The lowest BCUT2D eigenvalue weighted by Crippen LogP contribution is -2.39.